The van der Waals surface area contributed by atoms with E-state index in [9.17, 15) is 4.79 Å². The molecule has 1 aromatic heterocycles. The molecule has 0 spiro atoms. The van der Waals surface area contributed by atoms with E-state index in [0.717, 1.165) is 22.2 Å². The minimum Gasteiger partial charge on any atom is -0.358 e. The van der Waals surface area contributed by atoms with E-state index in [0.29, 0.717) is 11.8 Å². The van der Waals surface area contributed by atoms with Crippen LogP contribution in [0.4, 0.5) is 0 Å². The first kappa shape index (κ1) is 16.5. The Morgan fingerprint density at radius 1 is 1.00 bits per heavy atom. The molecule has 0 aliphatic heterocycles. The van der Waals surface area contributed by atoms with Gasteiger partial charge in [-0.3, -0.25) is 4.79 Å². The predicted octanol–water partition coefficient (Wildman–Crippen LogP) is 4.93. The summed E-state index contributed by atoms with van der Waals surface area (Å²) in [5, 5.41) is 0.820. The molecule has 110 valence electrons. The van der Waals surface area contributed by atoms with Gasteiger partial charge in [-0.1, -0.05) is 40.7 Å². The first-order valence-electron chi connectivity index (χ1n) is 7.54. The molecule has 2 aromatic rings. The first-order chi connectivity index (χ1) is 9.40. The number of nitrogens with one attached hydrogen (secondary N) is 1. The van der Waals surface area contributed by atoms with Gasteiger partial charge in [-0.05, 0) is 42.9 Å². The molecule has 0 fully saturated rings. The molecule has 0 radical (unpaired) electrons. The van der Waals surface area contributed by atoms with Gasteiger partial charge in [0.2, 0.25) is 0 Å². The molecule has 1 aromatic carbocycles. The van der Waals surface area contributed by atoms with E-state index in [1.807, 2.05) is 20.8 Å². The molecular weight excluding hydrogens is 246 g/mol. The van der Waals surface area contributed by atoms with Crippen molar-refractivity contribution in [3.63, 3.8) is 0 Å². The fourth-order valence-electron chi connectivity index (χ4n) is 2.40. The van der Waals surface area contributed by atoms with Gasteiger partial charge in [0, 0.05) is 22.7 Å². The Morgan fingerprint density at radius 3 is 2.15 bits per heavy atom. The molecule has 2 rings (SSSR count). The van der Waals surface area contributed by atoms with E-state index in [-0.39, 0.29) is 5.43 Å². The van der Waals surface area contributed by atoms with Gasteiger partial charge < -0.3 is 4.98 Å². The SMILES string of the molecule is CC.Cc1cc(C)c2c(=O)cc(C(C)C(C)C)[nH]c2c1. The van der Waals surface area contributed by atoms with Crippen molar-refractivity contribution in [2.45, 2.75) is 54.4 Å². The van der Waals surface area contributed by atoms with Crippen LogP contribution in [0.1, 0.15) is 57.4 Å². The van der Waals surface area contributed by atoms with E-state index < -0.39 is 0 Å². The third-order valence-corrected chi connectivity index (χ3v) is 3.78. The van der Waals surface area contributed by atoms with E-state index in [1.165, 1.54) is 5.56 Å². The van der Waals surface area contributed by atoms with Gasteiger partial charge in [0.25, 0.3) is 0 Å². The smallest absolute Gasteiger partial charge is 0.189 e. The zero-order chi connectivity index (χ0) is 15.4. The monoisotopic (exact) mass is 273 g/mol. The van der Waals surface area contributed by atoms with Gasteiger partial charge in [-0.2, -0.15) is 0 Å². The third-order valence-electron chi connectivity index (χ3n) is 3.78. The van der Waals surface area contributed by atoms with Crippen LogP contribution in [0.25, 0.3) is 10.9 Å². The molecule has 1 heterocycles. The lowest BCUT2D eigenvalue weighted by Gasteiger charge is -2.16. The van der Waals surface area contributed by atoms with E-state index in [1.54, 1.807) is 6.07 Å². The Hall–Kier alpha value is -1.57. The number of aromatic amines is 1. The Labute approximate surface area is 122 Å². The molecule has 1 atom stereocenters. The quantitative estimate of drug-likeness (QED) is 0.826. The lowest BCUT2D eigenvalue weighted by atomic mass is 9.93. The highest BCUT2D eigenvalue weighted by atomic mass is 16.1. The van der Waals surface area contributed by atoms with Crippen LogP contribution in [0.3, 0.4) is 0 Å². The van der Waals surface area contributed by atoms with E-state index in [4.69, 9.17) is 0 Å². The zero-order valence-corrected chi connectivity index (χ0v) is 13.8. The molecule has 0 saturated heterocycles. The summed E-state index contributed by atoms with van der Waals surface area (Å²) in [6.45, 7) is 14.6. The number of fused-ring (bicyclic) bond motifs is 1. The maximum Gasteiger partial charge on any atom is 0.189 e. The highest BCUT2D eigenvalue weighted by Crippen LogP contribution is 2.23. The van der Waals surface area contributed by atoms with Crippen LogP contribution in [0, 0.1) is 19.8 Å². The average Bonchev–Trinajstić information content (AvgIpc) is 2.38. The minimum atomic E-state index is 0.128. The van der Waals surface area contributed by atoms with Crippen LogP contribution in [-0.2, 0) is 0 Å². The van der Waals surface area contributed by atoms with Crippen LogP contribution in [0.5, 0.6) is 0 Å². The van der Waals surface area contributed by atoms with Gasteiger partial charge in [-0.15, -0.1) is 0 Å². The van der Waals surface area contributed by atoms with E-state index >= 15 is 0 Å². The maximum atomic E-state index is 12.2. The van der Waals surface area contributed by atoms with Crippen LogP contribution in [-0.4, -0.2) is 4.98 Å². The highest BCUT2D eigenvalue weighted by Gasteiger charge is 2.13. The summed E-state index contributed by atoms with van der Waals surface area (Å²) in [5.41, 5.74) is 4.36. The largest absolute Gasteiger partial charge is 0.358 e. The summed E-state index contributed by atoms with van der Waals surface area (Å²) in [6.07, 6.45) is 0. The number of benzene rings is 1. The van der Waals surface area contributed by atoms with Crippen LogP contribution in [0.2, 0.25) is 0 Å². The van der Waals surface area contributed by atoms with Crippen molar-refractivity contribution < 1.29 is 0 Å². The lowest BCUT2D eigenvalue weighted by Crippen LogP contribution is -2.11. The molecule has 0 amide bonds. The summed E-state index contributed by atoms with van der Waals surface area (Å²) in [4.78, 5) is 15.7. The van der Waals surface area contributed by atoms with Crippen molar-refractivity contribution in [2.75, 3.05) is 0 Å². The molecule has 0 aliphatic carbocycles. The number of hydrogen-bond donors (Lipinski definition) is 1. The molecule has 0 aliphatic rings. The van der Waals surface area contributed by atoms with Gasteiger partial charge >= 0.3 is 0 Å². The summed E-state index contributed by atoms with van der Waals surface area (Å²) >= 11 is 0. The Kier molecular flexibility index (Phi) is 5.55. The number of hydrogen-bond acceptors (Lipinski definition) is 1. The number of H-pyrrole nitrogens is 1. The number of rotatable bonds is 2. The Balaban J connectivity index is 0.000000956. The average molecular weight is 273 g/mol. The number of pyridine rings is 1. The van der Waals surface area contributed by atoms with Crippen LogP contribution in [0.15, 0.2) is 23.0 Å². The molecule has 0 bridgehead atoms. The number of aryl methyl sites for hydroxylation is 2. The van der Waals surface area contributed by atoms with Crippen molar-refractivity contribution >= 4 is 10.9 Å². The molecular formula is C18H27NO. The van der Waals surface area contributed by atoms with Gasteiger partial charge in [0.1, 0.15) is 0 Å². The normalized spacial score (nSPS) is 12.2. The van der Waals surface area contributed by atoms with Crippen molar-refractivity contribution in [1.82, 2.24) is 4.98 Å². The second-order valence-corrected chi connectivity index (χ2v) is 5.63. The van der Waals surface area contributed by atoms with Crippen LogP contribution >= 0.6 is 0 Å². The van der Waals surface area contributed by atoms with Gasteiger partial charge in [0.15, 0.2) is 5.43 Å². The first-order valence-corrected chi connectivity index (χ1v) is 7.54. The predicted molar refractivity (Wildman–Crippen MR) is 88.6 cm³/mol. The Bertz CT molecular complexity index is 638. The second kappa shape index (κ2) is 6.74. The van der Waals surface area contributed by atoms with Crippen molar-refractivity contribution in [3.05, 3.63) is 45.2 Å². The van der Waals surface area contributed by atoms with Crippen LogP contribution < -0.4 is 5.43 Å². The summed E-state index contributed by atoms with van der Waals surface area (Å²) in [7, 11) is 0. The second-order valence-electron chi connectivity index (χ2n) is 5.63. The third kappa shape index (κ3) is 3.30. The molecule has 2 nitrogen and oxygen atoms in total. The summed E-state index contributed by atoms with van der Waals surface area (Å²) in [6, 6.07) is 5.87. The lowest BCUT2D eigenvalue weighted by molar-refractivity contribution is 0.524. The minimum absolute atomic E-state index is 0.128. The molecule has 1 unspecified atom stereocenters. The molecule has 20 heavy (non-hydrogen) atoms. The maximum absolute atomic E-state index is 12.2. The molecule has 0 saturated carbocycles. The summed E-state index contributed by atoms with van der Waals surface area (Å²) in [5.74, 6) is 0.881. The number of aromatic nitrogens is 1. The Morgan fingerprint density at radius 2 is 1.60 bits per heavy atom. The fraction of sp³-hybridized carbons (Fsp3) is 0.500. The topological polar surface area (TPSA) is 32.9 Å². The highest BCUT2D eigenvalue weighted by molar-refractivity contribution is 5.82. The standard InChI is InChI=1S/C16H21NO.C2H6/c1-9(2)12(5)13-8-15(18)16-11(4)6-10(3)7-14(16)17-13;1-2/h6-9,12H,1-5H3,(H,17,18);1-2H3. The van der Waals surface area contributed by atoms with Gasteiger partial charge in [0.05, 0.1) is 0 Å². The van der Waals surface area contributed by atoms with Crippen molar-refractivity contribution in [3.8, 4) is 0 Å². The fourth-order valence-corrected chi connectivity index (χ4v) is 2.40. The molecule has 2 heteroatoms. The summed E-state index contributed by atoms with van der Waals surface area (Å²) < 4.78 is 0. The zero-order valence-electron chi connectivity index (χ0n) is 13.8. The van der Waals surface area contributed by atoms with E-state index in [2.05, 4.69) is 44.8 Å². The van der Waals surface area contributed by atoms with Crippen molar-refractivity contribution in [1.29, 1.82) is 0 Å². The van der Waals surface area contributed by atoms with Gasteiger partial charge in [-0.25, -0.2) is 0 Å². The van der Waals surface area contributed by atoms with Crippen molar-refractivity contribution in [2.24, 2.45) is 5.92 Å². The molecule has 1 N–H and O–H groups in total.